The average molecular weight is 956 g/mol. The Hall–Kier alpha value is -4.19. The zero-order valence-electron chi connectivity index (χ0n) is 44.5. The van der Waals surface area contributed by atoms with Crippen LogP contribution in [-0.2, 0) is 28.6 Å². The first-order valence-electron chi connectivity index (χ1n) is 28.0. The smallest absolute Gasteiger partial charge is 0.306 e. The number of rotatable bonds is 49. The van der Waals surface area contributed by atoms with E-state index in [9.17, 15) is 14.4 Å². The summed E-state index contributed by atoms with van der Waals surface area (Å²) in [6.45, 7) is 6.41. The van der Waals surface area contributed by atoms with Crippen molar-refractivity contribution in [1.82, 2.24) is 0 Å². The molecule has 6 heteroatoms. The summed E-state index contributed by atoms with van der Waals surface area (Å²) in [5.74, 6) is -0.997. The van der Waals surface area contributed by atoms with Crippen molar-refractivity contribution in [3.63, 3.8) is 0 Å². The van der Waals surface area contributed by atoms with Gasteiger partial charge in [-0.05, 0) is 128 Å². The van der Waals surface area contributed by atoms with E-state index in [4.69, 9.17) is 14.2 Å². The molecule has 0 rings (SSSR count). The number of hydrogen-bond acceptors (Lipinski definition) is 6. The minimum Gasteiger partial charge on any atom is -0.462 e. The highest BCUT2D eigenvalue weighted by Gasteiger charge is 2.19. The first-order chi connectivity index (χ1) is 34.0. The second-order valence-electron chi connectivity index (χ2n) is 18.1. The summed E-state index contributed by atoms with van der Waals surface area (Å²) in [5.41, 5.74) is 0. The molecular formula is C63H102O6. The van der Waals surface area contributed by atoms with Gasteiger partial charge in [0.1, 0.15) is 13.2 Å². The topological polar surface area (TPSA) is 78.9 Å². The zero-order valence-corrected chi connectivity index (χ0v) is 44.5. The fourth-order valence-corrected chi connectivity index (χ4v) is 7.22. The molecule has 0 N–H and O–H groups in total. The highest BCUT2D eigenvalue weighted by Crippen LogP contribution is 2.13. The Morgan fingerprint density at radius 2 is 0.580 bits per heavy atom. The van der Waals surface area contributed by atoms with Crippen LogP contribution in [-0.4, -0.2) is 37.2 Å². The summed E-state index contributed by atoms with van der Waals surface area (Å²) in [7, 11) is 0. The van der Waals surface area contributed by atoms with Gasteiger partial charge in [-0.15, -0.1) is 0 Å². The van der Waals surface area contributed by atoms with Gasteiger partial charge in [0.25, 0.3) is 0 Å². The molecule has 0 aromatic carbocycles. The molecule has 0 amide bonds. The van der Waals surface area contributed by atoms with Crippen LogP contribution in [0.25, 0.3) is 0 Å². The molecule has 1 unspecified atom stereocenters. The van der Waals surface area contributed by atoms with Crippen molar-refractivity contribution in [3.05, 3.63) is 122 Å². The van der Waals surface area contributed by atoms with Gasteiger partial charge in [0, 0.05) is 19.3 Å². The predicted octanol–water partition coefficient (Wildman–Crippen LogP) is 18.9. The van der Waals surface area contributed by atoms with E-state index in [1.807, 2.05) is 0 Å². The molecule has 0 heterocycles. The summed E-state index contributed by atoms with van der Waals surface area (Å²) >= 11 is 0. The van der Waals surface area contributed by atoms with Crippen molar-refractivity contribution < 1.29 is 28.6 Å². The van der Waals surface area contributed by atoms with Crippen LogP contribution in [0, 0.1) is 0 Å². The Labute approximate surface area is 424 Å². The fraction of sp³-hybridized carbons (Fsp3) is 0.635. The maximum Gasteiger partial charge on any atom is 0.306 e. The van der Waals surface area contributed by atoms with Gasteiger partial charge < -0.3 is 14.2 Å². The monoisotopic (exact) mass is 955 g/mol. The minimum absolute atomic E-state index is 0.109. The van der Waals surface area contributed by atoms with E-state index in [0.717, 1.165) is 128 Å². The molecular weight excluding hydrogens is 853 g/mol. The lowest BCUT2D eigenvalue weighted by Crippen LogP contribution is -2.30. The number of allylic oxidation sites excluding steroid dienone is 20. The third-order valence-corrected chi connectivity index (χ3v) is 11.4. The zero-order chi connectivity index (χ0) is 50.0. The first kappa shape index (κ1) is 64.8. The van der Waals surface area contributed by atoms with Gasteiger partial charge in [-0.1, -0.05) is 213 Å². The van der Waals surface area contributed by atoms with Gasteiger partial charge in [0.05, 0.1) is 0 Å². The Kier molecular flexibility index (Phi) is 53.0. The van der Waals surface area contributed by atoms with Crippen LogP contribution in [0.15, 0.2) is 122 Å². The highest BCUT2D eigenvalue weighted by atomic mass is 16.6. The molecule has 0 saturated heterocycles. The van der Waals surface area contributed by atoms with Crippen LogP contribution >= 0.6 is 0 Å². The molecule has 390 valence electrons. The molecule has 0 aromatic heterocycles. The van der Waals surface area contributed by atoms with Gasteiger partial charge in [-0.2, -0.15) is 0 Å². The molecule has 1 atom stereocenters. The number of unbranched alkanes of at least 4 members (excludes halogenated alkanes) is 18. The van der Waals surface area contributed by atoms with E-state index in [1.54, 1.807) is 0 Å². The van der Waals surface area contributed by atoms with Gasteiger partial charge in [0.15, 0.2) is 6.10 Å². The number of carbonyl (C=O) groups excluding carboxylic acids is 3. The molecule has 0 radical (unpaired) electrons. The molecule has 69 heavy (non-hydrogen) atoms. The number of hydrogen-bond donors (Lipinski definition) is 0. The van der Waals surface area contributed by atoms with Gasteiger partial charge in [-0.25, -0.2) is 0 Å². The number of ether oxygens (including phenoxy) is 3. The number of carbonyl (C=O) groups is 3. The normalized spacial score (nSPS) is 13.0. The Morgan fingerprint density at radius 1 is 0.304 bits per heavy atom. The van der Waals surface area contributed by atoms with E-state index in [0.29, 0.717) is 19.3 Å². The van der Waals surface area contributed by atoms with Crippen LogP contribution in [0.4, 0.5) is 0 Å². The van der Waals surface area contributed by atoms with Crippen LogP contribution in [0.1, 0.15) is 239 Å². The van der Waals surface area contributed by atoms with Gasteiger partial charge in [-0.3, -0.25) is 14.4 Å². The fourth-order valence-electron chi connectivity index (χ4n) is 7.22. The van der Waals surface area contributed by atoms with Gasteiger partial charge in [0.2, 0.25) is 0 Å². The summed E-state index contributed by atoms with van der Waals surface area (Å²) in [4.78, 5) is 38.1. The minimum atomic E-state index is -0.815. The molecule has 0 saturated carbocycles. The summed E-state index contributed by atoms with van der Waals surface area (Å²) in [5, 5.41) is 0. The maximum absolute atomic E-state index is 12.8. The molecule has 0 aliphatic carbocycles. The lowest BCUT2D eigenvalue weighted by atomic mass is 10.1. The molecule has 0 aliphatic rings. The Balaban J connectivity index is 4.51. The lowest BCUT2D eigenvalue weighted by Gasteiger charge is -2.18. The quantitative estimate of drug-likeness (QED) is 0.0262. The van der Waals surface area contributed by atoms with Crippen LogP contribution in [0.5, 0.6) is 0 Å². The molecule has 0 bridgehead atoms. The average Bonchev–Trinajstić information content (AvgIpc) is 3.35. The Morgan fingerprint density at radius 3 is 0.986 bits per heavy atom. The lowest BCUT2D eigenvalue weighted by molar-refractivity contribution is -0.167. The third kappa shape index (κ3) is 54.6. The summed E-state index contributed by atoms with van der Waals surface area (Å²) in [6, 6.07) is 0. The van der Waals surface area contributed by atoms with Crippen molar-refractivity contribution >= 4 is 17.9 Å². The van der Waals surface area contributed by atoms with Crippen LogP contribution in [0.3, 0.4) is 0 Å². The first-order valence-corrected chi connectivity index (χ1v) is 28.0. The maximum atomic E-state index is 12.8. The van der Waals surface area contributed by atoms with Crippen LogP contribution < -0.4 is 0 Å². The number of esters is 3. The second-order valence-corrected chi connectivity index (χ2v) is 18.1. The molecule has 0 fully saturated rings. The molecule has 0 spiro atoms. The summed E-state index contributed by atoms with van der Waals surface area (Å²) < 4.78 is 16.8. The van der Waals surface area contributed by atoms with Crippen molar-refractivity contribution in [2.24, 2.45) is 0 Å². The van der Waals surface area contributed by atoms with Crippen LogP contribution in [0.2, 0.25) is 0 Å². The van der Waals surface area contributed by atoms with E-state index in [1.165, 1.54) is 64.2 Å². The molecule has 0 aromatic rings. The van der Waals surface area contributed by atoms with Crippen molar-refractivity contribution in [2.75, 3.05) is 13.2 Å². The summed E-state index contributed by atoms with van der Waals surface area (Å²) in [6.07, 6.45) is 77.6. The molecule has 0 aliphatic heterocycles. The van der Waals surface area contributed by atoms with Crippen molar-refractivity contribution in [3.8, 4) is 0 Å². The van der Waals surface area contributed by atoms with E-state index in [-0.39, 0.29) is 37.5 Å². The van der Waals surface area contributed by atoms with Gasteiger partial charge >= 0.3 is 17.9 Å². The standard InChI is InChI=1S/C63H102O6/c1-4-7-10-13-16-19-22-25-27-28-29-30-31-32-33-34-36-38-41-44-47-50-53-56-62(65)68-59-60(58-67-61(64)55-52-49-46-43-40-37-24-21-18-15-12-9-6-3)69-63(66)57-54-51-48-45-42-39-35-26-23-20-17-14-11-8-5-2/h7,10,16-17,19-21,24-27,29-30,32-33,35-36,38,44,47,60H,4-6,8-9,11-15,18,22-23,28,31,34,37,39-43,45-46,48-59H2,1-3H3/b10-7-,19-16-,20-17-,24-21-,27-25-,30-29-,33-32-,35-26-,38-36-,47-44-. The predicted molar refractivity (Wildman–Crippen MR) is 297 cm³/mol. The van der Waals surface area contributed by atoms with Crippen molar-refractivity contribution in [1.29, 1.82) is 0 Å². The van der Waals surface area contributed by atoms with Crippen molar-refractivity contribution in [2.45, 2.75) is 245 Å². The van der Waals surface area contributed by atoms with E-state index < -0.39 is 6.10 Å². The van der Waals surface area contributed by atoms with E-state index in [2.05, 4.69) is 142 Å². The highest BCUT2D eigenvalue weighted by molar-refractivity contribution is 5.71. The van der Waals surface area contributed by atoms with E-state index >= 15 is 0 Å². The third-order valence-electron chi connectivity index (χ3n) is 11.4. The SMILES string of the molecule is CC/C=C\C/C=C\C/C=C\C/C=C\C/C=C\C/C=C\C/C=C\CCCC(=O)OCC(COC(=O)CCCCCCC/C=C\CCCCCC)OC(=O)CCCCCCC/C=C\C/C=C\CCCCC. The molecule has 6 nitrogen and oxygen atoms in total. The Bertz CT molecular complexity index is 1470. The largest absolute Gasteiger partial charge is 0.462 e. The second kappa shape index (κ2) is 56.4.